The van der Waals surface area contributed by atoms with Crippen LogP contribution in [0.1, 0.15) is 20.3 Å². The number of rotatable bonds is 8. The van der Waals surface area contributed by atoms with Gasteiger partial charge in [-0.3, -0.25) is 0 Å². The Hall–Kier alpha value is -1.39. The van der Waals surface area contributed by atoms with E-state index >= 15 is 0 Å². The number of ether oxygens (including phenoxy) is 4. The molecule has 5 nitrogen and oxygen atoms in total. The minimum atomic E-state index is -0.473. The predicted molar refractivity (Wildman–Crippen MR) is 74.1 cm³/mol. The van der Waals surface area contributed by atoms with Crippen LogP contribution < -0.4 is 0 Å². The van der Waals surface area contributed by atoms with Gasteiger partial charge in [0.15, 0.2) is 0 Å². The van der Waals surface area contributed by atoms with Gasteiger partial charge in [0.2, 0.25) is 0 Å². The van der Waals surface area contributed by atoms with Crippen molar-refractivity contribution in [3.05, 3.63) is 30.0 Å². The van der Waals surface area contributed by atoms with Crippen molar-refractivity contribution in [2.24, 2.45) is 0 Å². The van der Waals surface area contributed by atoms with E-state index in [4.69, 9.17) is 18.9 Å². The molecule has 0 spiro atoms. The van der Waals surface area contributed by atoms with Gasteiger partial charge in [0.1, 0.15) is 18.5 Å². The molecule has 0 fully saturated rings. The smallest absolute Gasteiger partial charge is 0.344 e. The Balaban J connectivity index is 2.49. The monoisotopic (exact) mass is 282 g/mol. The summed E-state index contributed by atoms with van der Waals surface area (Å²) in [4.78, 5) is 11.9. The van der Waals surface area contributed by atoms with Crippen LogP contribution in [-0.2, 0) is 23.7 Å². The second kappa shape index (κ2) is 8.02. The van der Waals surface area contributed by atoms with Gasteiger partial charge >= 0.3 is 5.97 Å². The minimum Gasteiger partial charge on any atom is -0.454 e. The van der Waals surface area contributed by atoms with E-state index in [-0.39, 0.29) is 19.5 Å². The Morgan fingerprint density at radius 3 is 2.90 bits per heavy atom. The van der Waals surface area contributed by atoms with Crippen molar-refractivity contribution in [3.63, 3.8) is 0 Å². The molecular weight excluding hydrogens is 260 g/mol. The maximum atomic E-state index is 11.9. The lowest BCUT2D eigenvalue weighted by molar-refractivity contribution is -0.146. The molecular formula is C15H22O5. The highest BCUT2D eigenvalue weighted by Gasteiger charge is 2.33. The van der Waals surface area contributed by atoms with Gasteiger partial charge in [-0.1, -0.05) is 12.7 Å². The topological polar surface area (TPSA) is 54.0 Å². The normalized spacial score (nSPS) is 24.4. The molecule has 0 aliphatic heterocycles. The average Bonchev–Trinajstić information content (AvgIpc) is 2.79. The van der Waals surface area contributed by atoms with Crippen LogP contribution in [0.5, 0.6) is 0 Å². The lowest BCUT2D eigenvalue weighted by Crippen LogP contribution is -2.29. The van der Waals surface area contributed by atoms with Gasteiger partial charge in [-0.15, -0.1) is 5.73 Å². The van der Waals surface area contributed by atoms with E-state index in [1.807, 2.05) is 26.0 Å². The van der Waals surface area contributed by atoms with E-state index in [9.17, 15) is 4.79 Å². The average molecular weight is 282 g/mol. The molecule has 0 bridgehead atoms. The standard InChI is InChI=1S/C15H22O5/c1-5-12(10-18-6-2)14(16)20-13-7-8-15(3,9-13)19-11-17-4/h7-8,13H,1,6,9-11H2,2-4H3/t13-,15-/m1/s1. The molecule has 0 aromatic rings. The summed E-state index contributed by atoms with van der Waals surface area (Å²) in [5.74, 6) is -0.459. The Labute approximate surface area is 119 Å². The second-order valence-corrected chi connectivity index (χ2v) is 4.66. The molecule has 1 rings (SSSR count). The molecule has 20 heavy (non-hydrogen) atoms. The summed E-state index contributed by atoms with van der Waals surface area (Å²) in [6.07, 6.45) is 3.93. The summed E-state index contributed by atoms with van der Waals surface area (Å²) < 4.78 is 21.0. The summed E-state index contributed by atoms with van der Waals surface area (Å²) in [5.41, 5.74) is 2.38. The minimum absolute atomic E-state index is 0.159. The van der Waals surface area contributed by atoms with Crippen molar-refractivity contribution >= 4 is 5.97 Å². The number of carbonyl (C=O) groups excluding carboxylic acids is 1. The van der Waals surface area contributed by atoms with Gasteiger partial charge < -0.3 is 18.9 Å². The molecule has 0 amide bonds. The molecule has 0 unspecified atom stereocenters. The van der Waals surface area contributed by atoms with Crippen LogP contribution in [0, 0.1) is 0 Å². The van der Waals surface area contributed by atoms with Crippen LogP contribution in [-0.4, -0.2) is 44.8 Å². The van der Waals surface area contributed by atoms with Crippen molar-refractivity contribution in [2.45, 2.75) is 32.0 Å². The fourth-order valence-corrected chi connectivity index (χ4v) is 1.82. The SMILES string of the molecule is C=C=C(COCC)C(=O)O[C@@H]1C=C[C@@](C)(OCOC)C1. The van der Waals surface area contributed by atoms with Crippen molar-refractivity contribution in [1.29, 1.82) is 0 Å². The van der Waals surface area contributed by atoms with E-state index in [1.165, 1.54) is 0 Å². The van der Waals surface area contributed by atoms with Crippen LogP contribution in [0.25, 0.3) is 0 Å². The highest BCUT2D eigenvalue weighted by molar-refractivity contribution is 5.88. The van der Waals surface area contributed by atoms with Crippen LogP contribution in [0.2, 0.25) is 0 Å². The first-order valence-corrected chi connectivity index (χ1v) is 6.54. The summed E-state index contributed by atoms with van der Waals surface area (Å²) >= 11 is 0. The quantitative estimate of drug-likeness (QED) is 0.224. The Morgan fingerprint density at radius 2 is 2.30 bits per heavy atom. The first kappa shape index (κ1) is 16.7. The maximum absolute atomic E-state index is 11.9. The predicted octanol–water partition coefficient (Wildman–Crippen LogP) is 1.99. The third-order valence-corrected chi connectivity index (χ3v) is 2.95. The van der Waals surface area contributed by atoms with Crippen molar-refractivity contribution in [2.75, 3.05) is 27.1 Å². The van der Waals surface area contributed by atoms with Crippen LogP contribution in [0.15, 0.2) is 30.0 Å². The van der Waals surface area contributed by atoms with Gasteiger partial charge in [-0.2, -0.15) is 0 Å². The zero-order valence-electron chi connectivity index (χ0n) is 12.3. The molecule has 0 N–H and O–H groups in total. The Kier molecular flexibility index (Phi) is 6.68. The zero-order chi connectivity index (χ0) is 15.0. The fraction of sp³-hybridized carbons (Fsp3) is 0.600. The molecule has 0 saturated carbocycles. The number of hydrogen-bond donors (Lipinski definition) is 0. The molecule has 2 atom stereocenters. The molecule has 0 aromatic carbocycles. The third kappa shape index (κ3) is 4.94. The lowest BCUT2D eigenvalue weighted by Gasteiger charge is -2.23. The van der Waals surface area contributed by atoms with E-state index in [0.717, 1.165) is 0 Å². The van der Waals surface area contributed by atoms with Gasteiger partial charge in [0.05, 0.1) is 12.2 Å². The molecule has 112 valence electrons. The van der Waals surface area contributed by atoms with Crippen LogP contribution >= 0.6 is 0 Å². The maximum Gasteiger partial charge on any atom is 0.344 e. The summed E-state index contributed by atoms with van der Waals surface area (Å²) in [6.45, 7) is 8.12. The van der Waals surface area contributed by atoms with Gasteiger partial charge in [0.25, 0.3) is 0 Å². The number of hydrogen-bond acceptors (Lipinski definition) is 5. The molecule has 1 aliphatic carbocycles. The molecule has 0 saturated heterocycles. The van der Waals surface area contributed by atoms with Crippen LogP contribution in [0.3, 0.4) is 0 Å². The number of esters is 1. The molecule has 1 aliphatic rings. The first-order chi connectivity index (χ1) is 9.54. The van der Waals surface area contributed by atoms with E-state index in [1.54, 1.807) is 7.11 Å². The van der Waals surface area contributed by atoms with Crippen molar-refractivity contribution in [1.82, 2.24) is 0 Å². The summed E-state index contributed by atoms with van der Waals surface area (Å²) in [7, 11) is 1.56. The summed E-state index contributed by atoms with van der Waals surface area (Å²) in [5, 5.41) is 0. The van der Waals surface area contributed by atoms with Gasteiger partial charge in [-0.05, 0) is 19.9 Å². The summed E-state index contributed by atoms with van der Waals surface area (Å²) in [6, 6.07) is 0. The lowest BCUT2D eigenvalue weighted by atomic mass is 10.1. The number of methoxy groups -OCH3 is 1. The van der Waals surface area contributed by atoms with Gasteiger partial charge in [-0.25, -0.2) is 4.79 Å². The van der Waals surface area contributed by atoms with E-state index < -0.39 is 11.6 Å². The fourth-order valence-electron chi connectivity index (χ4n) is 1.82. The van der Waals surface area contributed by atoms with E-state index in [0.29, 0.717) is 18.6 Å². The first-order valence-electron chi connectivity index (χ1n) is 6.54. The molecule has 0 radical (unpaired) electrons. The molecule has 0 aromatic heterocycles. The van der Waals surface area contributed by atoms with Crippen molar-refractivity contribution < 1.29 is 23.7 Å². The number of carbonyl (C=O) groups is 1. The largest absolute Gasteiger partial charge is 0.454 e. The van der Waals surface area contributed by atoms with Crippen molar-refractivity contribution in [3.8, 4) is 0 Å². The molecule has 5 heteroatoms. The van der Waals surface area contributed by atoms with Gasteiger partial charge in [0, 0.05) is 20.1 Å². The third-order valence-electron chi connectivity index (χ3n) is 2.95. The second-order valence-electron chi connectivity index (χ2n) is 4.66. The zero-order valence-corrected chi connectivity index (χ0v) is 12.3. The highest BCUT2D eigenvalue weighted by atomic mass is 16.7. The van der Waals surface area contributed by atoms with Crippen LogP contribution in [0.4, 0.5) is 0 Å². The Morgan fingerprint density at radius 1 is 1.55 bits per heavy atom. The highest BCUT2D eigenvalue weighted by Crippen LogP contribution is 2.28. The Bertz CT molecular complexity index is 408. The van der Waals surface area contributed by atoms with E-state index in [2.05, 4.69) is 12.3 Å². The molecule has 0 heterocycles.